The zero-order valence-electron chi connectivity index (χ0n) is 21.8. The molecule has 0 saturated carbocycles. The van der Waals surface area contributed by atoms with E-state index >= 15 is 0 Å². The molecule has 0 radical (unpaired) electrons. The van der Waals surface area contributed by atoms with Crippen LogP contribution in [-0.2, 0) is 6.54 Å². The van der Waals surface area contributed by atoms with Gasteiger partial charge < -0.3 is 9.80 Å². The molecule has 0 N–H and O–H groups in total. The minimum Gasteiger partial charge on any atom is -0.366 e. The molecule has 1 aliphatic rings. The van der Waals surface area contributed by atoms with Gasteiger partial charge in [-0.15, -0.1) is 0 Å². The first-order chi connectivity index (χ1) is 18.2. The molecule has 0 aliphatic carbocycles. The van der Waals surface area contributed by atoms with Gasteiger partial charge in [-0.3, -0.25) is 9.69 Å². The van der Waals surface area contributed by atoms with Crippen molar-refractivity contribution >= 4 is 22.4 Å². The van der Waals surface area contributed by atoms with E-state index in [1.54, 1.807) is 0 Å². The van der Waals surface area contributed by atoms with Crippen molar-refractivity contribution in [2.75, 3.05) is 37.6 Å². The summed E-state index contributed by atoms with van der Waals surface area (Å²) in [5.41, 5.74) is 3.42. The molecular weight excluding hydrogens is 454 g/mol. The standard InChI is InChI=1S/C33H37N3O/c1-2-35(33(37)29-15-7-4-8-16-29)24-25-36(32-19-11-17-28-14-9-10-18-31(28)32)30-20-22-34(23-21-30)26-27-12-5-3-6-13-27/h3-19,30H,2,20-26H2,1H3. The van der Waals surface area contributed by atoms with Crippen molar-refractivity contribution in [1.82, 2.24) is 9.80 Å². The summed E-state index contributed by atoms with van der Waals surface area (Å²) in [6.07, 6.45) is 2.24. The Hall–Kier alpha value is -3.63. The van der Waals surface area contributed by atoms with E-state index in [0.717, 1.165) is 44.6 Å². The molecule has 0 atom stereocenters. The van der Waals surface area contributed by atoms with Crippen LogP contribution in [0.4, 0.5) is 5.69 Å². The number of hydrogen-bond donors (Lipinski definition) is 0. The lowest BCUT2D eigenvalue weighted by atomic mass is 9.99. The van der Waals surface area contributed by atoms with Crippen LogP contribution in [0.5, 0.6) is 0 Å². The molecule has 1 saturated heterocycles. The minimum atomic E-state index is 0.110. The Morgan fingerprint density at radius 1 is 0.784 bits per heavy atom. The quantitative estimate of drug-likeness (QED) is 0.268. The summed E-state index contributed by atoms with van der Waals surface area (Å²) >= 11 is 0. The van der Waals surface area contributed by atoms with E-state index in [2.05, 4.69) is 89.5 Å². The van der Waals surface area contributed by atoms with Gasteiger partial charge >= 0.3 is 0 Å². The first kappa shape index (κ1) is 25.0. The zero-order chi connectivity index (χ0) is 25.5. The average Bonchev–Trinajstić information content (AvgIpc) is 2.97. The van der Waals surface area contributed by atoms with Crippen LogP contribution < -0.4 is 4.90 Å². The fourth-order valence-corrected chi connectivity index (χ4v) is 5.58. The summed E-state index contributed by atoms with van der Waals surface area (Å²) in [5.74, 6) is 0.110. The van der Waals surface area contributed by atoms with Crippen molar-refractivity contribution in [3.05, 3.63) is 114 Å². The summed E-state index contributed by atoms with van der Waals surface area (Å²) in [6.45, 7) is 7.48. The van der Waals surface area contributed by atoms with Crippen molar-refractivity contribution in [1.29, 1.82) is 0 Å². The van der Waals surface area contributed by atoms with Gasteiger partial charge in [0.2, 0.25) is 0 Å². The van der Waals surface area contributed by atoms with Gasteiger partial charge in [-0.05, 0) is 48.9 Å². The molecule has 0 aromatic heterocycles. The molecule has 0 spiro atoms. The van der Waals surface area contributed by atoms with Crippen LogP contribution in [-0.4, -0.2) is 54.5 Å². The number of amides is 1. The molecular formula is C33H37N3O. The second-order valence-electron chi connectivity index (χ2n) is 9.94. The molecule has 4 heteroatoms. The van der Waals surface area contributed by atoms with Crippen LogP contribution >= 0.6 is 0 Å². The summed E-state index contributed by atoms with van der Waals surface area (Å²) in [4.78, 5) is 20.4. The number of rotatable bonds is 9. The number of piperidine rings is 1. The van der Waals surface area contributed by atoms with Gasteiger partial charge in [-0.1, -0.05) is 84.9 Å². The molecule has 1 aliphatic heterocycles. The van der Waals surface area contributed by atoms with Crippen molar-refractivity contribution in [3.63, 3.8) is 0 Å². The number of likely N-dealkylation sites (tertiary alicyclic amines) is 1. The topological polar surface area (TPSA) is 26.8 Å². The number of hydrogen-bond acceptors (Lipinski definition) is 3. The Morgan fingerprint density at radius 3 is 2.16 bits per heavy atom. The van der Waals surface area contributed by atoms with Crippen molar-refractivity contribution in [3.8, 4) is 0 Å². The third-order valence-electron chi connectivity index (χ3n) is 7.62. The summed E-state index contributed by atoms with van der Waals surface area (Å²) in [6, 6.07) is 36.2. The highest BCUT2D eigenvalue weighted by Gasteiger charge is 2.27. The van der Waals surface area contributed by atoms with Gasteiger partial charge in [-0.2, -0.15) is 0 Å². The fourth-order valence-electron chi connectivity index (χ4n) is 5.58. The number of benzene rings is 4. The highest BCUT2D eigenvalue weighted by atomic mass is 16.2. The van der Waals surface area contributed by atoms with Crippen LogP contribution in [0.2, 0.25) is 0 Å². The SMILES string of the molecule is CCN(CCN(c1cccc2ccccc12)C1CCN(Cc2ccccc2)CC1)C(=O)c1ccccc1. The molecule has 4 aromatic carbocycles. The molecule has 1 amide bonds. The van der Waals surface area contributed by atoms with E-state index in [1.807, 2.05) is 35.2 Å². The van der Waals surface area contributed by atoms with Crippen molar-refractivity contribution in [2.24, 2.45) is 0 Å². The summed E-state index contributed by atoms with van der Waals surface area (Å²) in [7, 11) is 0. The highest BCUT2D eigenvalue weighted by Crippen LogP contribution is 2.31. The third kappa shape index (κ3) is 6.03. The summed E-state index contributed by atoms with van der Waals surface area (Å²) in [5, 5.41) is 2.55. The highest BCUT2D eigenvalue weighted by molar-refractivity contribution is 5.95. The molecule has 0 bridgehead atoms. The predicted molar refractivity (Wildman–Crippen MR) is 154 cm³/mol. The van der Waals surface area contributed by atoms with Gasteiger partial charge in [0.15, 0.2) is 0 Å². The largest absolute Gasteiger partial charge is 0.366 e. The smallest absolute Gasteiger partial charge is 0.253 e. The van der Waals surface area contributed by atoms with E-state index in [4.69, 9.17) is 0 Å². The van der Waals surface area contributed by atoms with E-state index < -0.39 is 0 Å². The lowest BCUT2D eigenvalue weighted by molar-refractivity contribution is 0.0766. The Kier molecular flexibility index (Phi) is 8.17. The van der Waals surface area contributed by atoms with Crippen LogP contribution in [0.1, 0.15) is 35.7 Å². The maximum Gasteiger partial charge on any atom is 0.253 e. The maximum atomic E-state index is 13.2. The lowest BCUT2D eigenvalue weighted by Crippen LogP contribution is -2.48. The van der Waals surface area contributed by atoms with E-state index in [9.17, 15) is 4.79 Å². The van der Waals surface area contributed by atoms with Crippen LogP contribution in [0.3, 0.4) is 0 Å². The first-order valence-corrected chi connectivity index (χ1v) is 13.6. The van der Waals surface area contributed by atoms with Crippen LogP contribution in [0.15, 0.2) is 103 Å². The van der Waals surface area contributed by atoms with E-state index in [1.165, 1.54) is 22.0 Å². The van der Waals surface area contributed by atoms with Crippen molar-refractivity contribution < 1.29 is 4.79 Å². The Bertz CT molecular complexity index is 1280. The molecule has 37 heavy (non-hydrogen) atoms. The third-order valence-corrected chi connectivity index (χ3v) is 7.62. The number of carbonyl (C=O) groups is 1. The number of likely N-dealkylation sites (N-methyl/N-ethyl adjacent to an activating group) is 1. The molecule has 4 aromatic rings. The predicted octanol–water partition coefficient (Wildman–Crippen LogP) is 6.47. The molecule has 5 rings (SSSR count). The maximum absolute atomic E-state index is 13.2. The molecule has 4 nitrogen and oxygen atoms in total. The Balaban J connectivity index is 1.35. The zero-order valence-corrected chi connectivity index (χ0v) is 21.8. The van der Waals surface area contributed by atoms with Gasteiger partial charge in [0, 0.05) is 61.9 Å². The number of anilines is 1. The second kappa shape index (κ2) is 12.1. The molecule has 1 fully saturated rings. The average molecular weight is 492 g/mol. The number of fused-ring (bicyclic) bond motifs is 1. The second-order valence-corrected chi connectivity index (χ2v) is 9.94. The van der Waals surface area contributed by atoms with Crippen LogP contribution in [0, 0.1) is 0 Å². The molecule has 0 unspecified atom stereocenters. The van der Waals surface area contributed by atoms with Crippen LogP contribution in [0.25, 0.3) is 10.8 Å². The Morgan fingerprint density at radius 2 is 1.43 bits per heavy atom. The van der Waals surface area contributed by atoms with Gasteiger partial charge in [0.25, 0.3) is 5.91 Å². The monoisotopic (exact) mass is 491 g/mol. The van der Waals surface area contributed by atoms with E-state index in [0.29, 0.717) is 19.1 Å². The molecule has 190 valence electrons. The first-order valence-electron chi connectivity index (χ1n) is 13.6. The van der Waals surface area contributed by atoms with Crippen molar-refractivity contribution in [2.45, 2.75) is 32.4 Å². The van der Waals surface area contributed by atoms with Gasteiger partial charge in [0.1, 0.15) is 0 Å². The normalized spacial score (nSPS) is 14.5. The fraction of sp³-hybridized carbons (Fsp3) is 0.303. The lowest BCUT2D eigenvalue weighted by Gasteiger charge is -2.41. The Labute approximate surface area is 221 Å². The minimum absolute atomic E-state index is 0.110. The van der Waals surface area contributed by atoms with E-state index in [-0.39, 0.29) is 5.91 Å². The number of nitrogens with zero attached hydrogens (tertiary/aromatic N) is 3. The summed E-state index contributed by atoms with van der Waals surface area (Å²) < 4.78 is 0. The molecule has 1 heterocycles. The number of carbonyl (C=O) groups excluding carboxylic acids is 1. The van der Waals surface area contributed by atoms with Gasteiger partial charge in [-0.25, -0.2) is 0 Å². The van der Waals surface area contributed by atoms with Gasteiger partial charge in [0.05, 0.1) is 0 Å².